The van der Waals surface area contributed by atoms with E-state index in [-0.39, 0.29) is 11.8 Å². The van der Waals surface area contributed by atoms with Gasteiger partial charge in [-0.2, -0.15) is 0 Å². The van der Waals surface area contributed by atoms with Gasteiger partial charge in [0.15, 0.2) is 0 Å². The van der Waals surface area contributed by atoms with E-state index in [1.165, 1.54) is 12.1 Å². The first-order valence-electron chi connectivity index (χ1n) is 7.30. The average molecular weight is 298 g/mol. The maximum Gasteiger partial charge on any atom is 0.326 e. The van der Waals surface area contributed by atoms with Gasteiger partial charge in [0.25, 0.3) is 0 Å². The molecule has 5 nitrogen and oxygen atoms in total. The summed E-state index contributed by atoms with van der Waals surface area (Å²) in [6.07, 6.45) is 0.835. The Morgan fingerprint density at radius 2 is 1.86 bits per heavy atom. The molecule has 3 rings (SSSR count). The highest BCUT2D eigenvalue weighted by Crippen LogP contribution is 2.33. The second-order valence-electron chi connectivity index (χ2n) is 5.35. The number of hydrogen-bond donors (Lipinski definition) is 3. The molecule has 0 aliphatic carbocycles. The molecule has 0 saturated heterocycles. The van der Waals surface area contributed by atoms with Gasteiger partial charge in [-0.1, -0.05) is 18.2 Å². The number of benzene rings is 2. The standard InChI is InChI=1S/C17H18N2O3/c20-13-9-7-12(8-10-13)18-17(22)19-11-3-6-16(21)14-4-1-2-5-15(14)19/h1-2,4-5,7-10,16,20-21H,3,6,11H2,(H,18,22). The Balaban J connectivity index is 1.85. The summed E-state index contributed by atoms with van der Waals surface area (Å²) in [5.41, 5.74) is 2.13. The van der Waals surface area contributed by atoms with Crippen LogP contribution in [0.4, 0.5) is 16.2 Å². The first-order chi connectivity index (χ1) is 10.6. The van der Waals surface area contributed by atoms with Crippen molar-refractivity contribution in [2.45, 2.75) is 18.9 Å². The molecule has 5 heteroatoms. The minimum atomic E-state index is -0.539. The predicted octanol–water partition coefficient (Wildman–Crippen LogP) is 3.26. The molecule has 2 aromatic carbocycles. The van der Waals surface area contributed by atoms with Crippen molar-refractivity contribution in [1.82, 2.24) is 0 Å². The lowest BCUT2D eigenvalue weighted by Gasteiger charge is -2.23. The third-order valence-corrected chi connectivity index (χ3v) is 3.81. The smallest absolute Gasteiger partial charge is 0.326 e. The topological polar surface area (TPSA) is 72.8 Å². The van der Waals surface area contributed by atoms with E-state index >= 15 is 0 Å². The van der Waals surface area contributed by atoms with Crippen molar-refractivity contribution in [3.05, 3.63) is 54.1 Å². The predicted molar refractivity (Wildman–Crippen MR) is 85.1 cm³/mol. The SMILES string of the molecule is O=C(Nc1ccc(O)cc1)N1CCCC(O)c2ccccc21. The number of aromatic hydroxyl groups is 1. The zero-order chi connectivity index (χ0) is 15.5. The van der Waals surface area contributed by atoms with Crippen molar-refractivity contribution in [3.63, 3.8) is 0 Å². The molecule has 1 aliphatic rings. The number of carbonyl (C=O) groups is 1. The Bertz CT molecular complexity index is 670. The molecular formula is C17H18N2O3. The Hall–Kier alpha value is -2.53. The van der Waals surface area contributed by atoms with Gasteiger partial charge in [-0.25, -0.2) is 4.79 Å². The van der Waals surface area contributed by atoms with Gasteiger partial charge in [0.1, 0.15) is 5.75 Å². The minimum absolute atomic E-state index is 0.154. The number of fused-ring (bicyclic) bond motifs is 1. The second-order valence-corrected chi connectivity index (χ2v) is 5.35. The summed E-state index contributed by atoms with van der Waals surface area (Å²) in [5, 5.41) is 22.3. The summed E-state index contributed by atoms with van der Waals surface area (Å²) in [5.74, 6) is 0.154. The Kier molecular flexibility index (Phi) is 3.98. The van der Waals surface area contributed by atoms with Crippen LogP contribution in [-0.4, -0.2) is 22.8 Å². The number of carbonyl (C=O) groups excluding carboxylic acids is 1. The molecule has 1 unspecified atom stereocenters. The Morgan fingerprint density at radius 1 is 1.14 bits per heavy atom. The van der Waals surface area contributed by atoms with Crippen molar-refractivity contribution in [3.8, 4) is 5.75 Å². The number of aliphatic hydroxyl groups is 1. The van der Waals surface area contributed by atoms with Crippen LogP contribution in [0.3, 0.4) is 0 Å². The third-order valence-electron chi connectivity index (χ3n) is 3.81. The quantitative estimate of drug-likeness (QED) is 0.708. The summed E-state index contributed by atoms with van der Waals surface area (Å²) >= 11 is 0. The Morgan fingerprint density at radius 3 is 2.64 bits per heavy atom. The summed E-state index contributed by atoms with van der Waals surface area (Å²) in [7, 11) is 0. The average Bonchev–Trinajstić information content (AvgIpc) is 2.69. The molecule has 1 aliphatic heterocycles. The van der Waals surface area contributed by atoms with Crippen LogP contribution in [0.5, 0.6) is 5.75 Å². The fraction of sp³-hybridized carbons (Fsp3) is 0.235. The second kappa shape index (κ2) is 6.07. The van der Waals surface area contributed by atoms with E-state index in [9.17, 15) is 15.0 Å². The van der Waals surface area contributed by atoms with Crippen LogP contribution < -0.4 is 10.2 Å². The summed E-state index contributed by atoms with van der Waals surface area (Å²) in [6.45, 7) is 0.554. The number of amides is 2. The number of nitrogens with zero attached hydrogens (tertiary/aromatic N) is 1. The molecule has 1 atom stereocenters. The van der Waals surface area contributed by atoms with Crippen LogP contribution in [0.25, 0.3) is 0 Å². The molecule has 22 heavy (non-hydrogen) atoms. The van der Waals surface area contributed by atoms with Crippen LogP contribution in [0.2, 0.25) is 0 Å². The molecule has 0 saturated carbocycles. The van der Waals surface area contributed by atoms with E-state index in [0.29, 0.717) is 18.7 Å². The van der Waals surface area contributed by atoms with Crippen LogP contribution in [0, 0.1) is 0 Å². The number of urea groups is 1. The largest absolute Gasteiger partial charge is 0.508 e. The third kappa shape index (κ3) is 2.89. The highest BCUT2D eigenvalue weighted by molar-refractivity contribution is 6.02. The molecule has 0 aromatic heterocycles. The summed E-state index contributed by atoms with van der Waals surface area (Å²) in [4.78, 5) is 14.2. The fourth-order valence-corrected chi connectivity index (χ4v) is 2.68. The van der Waals surface area contributed by atoms with Crippen molar-refractivity contribution < 1.29 is 15.0 Å². The van der Waals surface area contributed by atoms with Gasteiger partial charge in [-0.05, 0) is 43.2 Å². The van der Waals surface area contributed by atoms with Crippen LogP contribution in [0.1, 0.15) is 24.5 Å². The van der Waals surface area contributed by atoms with Crippen LogP contribution >= 0.6 is 0 Å². The van der Waals surface area contributed by atoms with Crippen molar-refractivity contribution in [2.75, 3.05) is 16.8 Å². The maximum absolute atomic E-state index is 12.5. The Labute approximate surface area is 128 Å². The maximum atomic E-state index is 12.5. The van der Waals surface area contributed by atoms with E-state index < -0.39 is 6.10 Å². The highest BCUT2D eigenvalue weighted by atomic mass is 16.3. The van der Waals surface area contributed by atoms with E-state index in [1.807, 2.05) is 24.3 Å². The van der Waals surface area contributed by atoms with E-state index in [1.54, 1.807) is 17.0 Å². The molecule has 0 bridgehead atoms. The first kappa shape index (κ1) is 14.4. The molecule has 1 heterocycles. The lowest BCUT2D eigenvalue weighted by atomic mass is 10.0. The molecular weight excluding hydrogens is 280 g/mol. The fourth-order valence-electron chi connectivity index (χ4n) is 2.68. The number of hydrogen-bond acceptors (Lipinski definition) is 3. The van der Waals surface area contributed by atoms with Gasteiger partial charge < -0.3 is 15.5 Å². The van der Waals surface area contributed by atoms with E-state index in [4.69, 9.17) is 0 Å². The number of anilines is 2. The zero-order valence-corrected chi connectivity index (χ0v) is 12.1. The lowest BCUT2D eigenvalue weighted by Crippen LogP contribution is -2.35. The van der Waals surface area contributed by atoms with Crippen molar-refractivity contribution in [1.29, 1.82) is 0 Å². The highest BCUT2D eigenvalue weighted by Gasteiger charge is 2.25. The molecule has 0 radical (unpaired) electrons. The molecule has 2 aromatic rings. The van der Waals surface area contributed by atoms with Gasteiger partial charge in [0.2, 0.25) is 0 Å². The number of phenolic OH excluding ortho intramolecular Hbond substituents is 1. The monoisotopic (exact) mass is 298 g/mol. The molecule has 0 spiro atoms. The van der Waals surface area contributed by atoms with Gasteiger partial charge in [-0.15, -0.1) is 0 Å². The number of para-hydroxylation sites is 1. The number of nitrogens with one attached hydrogen (secondary N) is 1. The summed E-state index contributed by atoms with van der Waals surface area (Å²) in [6, 6.07) is 13.5. The van der Waals surface area contributed by atoms with Crippen LogP contribution in [0.15, 0.2) is 48.5 Å². The minimum Gasteiger partial charge on any atom is -0.508 e. The normalized spacial score (nSPS) is 17.5. The van der Waals surface area contributed by atoms with E-state index in [2.05, 4.69) is 5.32 Å². The van der Waals surface area contributed by atoms with Gasteiger partial charge in [-0.3, -0.25) is 4.90 Å². The van der Waals surface area contributed by atoms with Crippen molar-refractivity contribution >= 4 is 17.4 Å². The molecule has 2 amide bonds. The lowest BCUT2D eigenvalue weighted by molar-refractivity contribution is 0.168. The van der Waals surface area contributed by atoms with Crippen molar-refractivity contribution in [2.24, 2.45) is 0 Å². The van der Waals surface area contributed by atoms with Gasteiger partial charge in [0, 0.05) is 17.8 Å². The van der Waals surface area contributed by atoms with Gasteiger partial charge in [0.05, 0.1) is 11.8 Å². The number of phenols is 1. The molecule has 114 valence electrons. The molecule has 3 N–H and O–H groups in total. The van der Waals surface area contributed by atoms with E-state index in [0.717, 1.165) is 17.7 Å². The van der Waals surface area contributed by atoms with Gasteiger partial charge >= 0.3 is 6.03 Å². The zero-order valence-electron chi connectivity index (χ0n) is 12.1. The number of rotatable bonds is 1. The van der Waals surface area contributed by atoms with Crippen LogP contribution in [-0.2, 0) is 0 Å². The molecule has 0 fully saturated rings. The number of aliphatic hydroxyl groups excluding tert-OH is 1. The first-order valence-corrected chi connectivity index (χ1v) is 7.30. The summed E-state index contributed by atoms with van der Waals surface area (Å²) < 4.78 is 0.